The Bertz CT molecular complexity index is 244. The number of carbonyl (C=O) groups is 1. The molecule has 1 unspecified atom stereocenters. The Morgan fingerprint density at radius 2 is 2.07 bits per heavy atom. The van der Waals surface area contributed by atoms with Gasteiger partial charge in [-0.15, -0.1) is 0 Å². The Kier molecular flexibility index (Phi) is 2.30. The summed E-state index contributed by atoms with van der Waals surface area (Å²) in [5.41, 5.74) is 0.471. The van der Waals surface area contributed by atoms with Crippen LogP contribution in [0, 0.1) is 11.3 Å². The minimum Gasteiger partial charge on any atom is -0.481 e. The van der Waals surface area contributed by atoms with E-state index in [-0.39, 0.29) is 5.92 Å². The molecule has 0 aromatic rings. The highest BCUT2D eigenvalue weighted by Crippen LogP contribution is 2.41. The van der Waals surface area contributed by atoms with Gasteiger partial charge in [0.2, 0.25) is 0 Å². The molecule has 1 aliphatic heterocycles. The molecule has 2 fully saturated rings. The standard InChI is InChI=1S/C11H19NO2/c1-11(2)4-3-9(5-11)12-6-8(7-12)10(13)14/h8-9H,3-7H2,1-2H3,(H,13,14). The fraction of sp³-hybridized carbons (Fsp3) is 0.909. The summed E-state index contributed by atoms with van der Waals surface area (Å²) in [6.45, 7) is 6.16. The van der Waals surface area contributed by atoms with Crippen molar-refractivity contribution in [3.63, 3.8) is 0 Å². The normalized spacial score (nSPS) is 32.9. The van der Waals surface area contributed by atoms with Crippen LogP contribution < -0.4 is 0 Å². The lowest BCUT2D eigenvalue weighted by atomic mass is 9.90. The van der Waals surface area contributed by atoms with Gasteiger partial charge in [-0.2, -0.15) is 0 Å². The van der Waals surface area contributed by atoms with E-state index in [2.05, 4.69) is 18.7 Å². The van der Waals surface area contributed by atoms with Crippen LogP contribution in [0.3, 0.4) is 0 Å². The maximum absolute atomic E-state index is 10.6. The molecule has 1 N–H and O–H groups in total. The van der Waals surface area contributed by atoms with Gasteiger partial charge in [-0.3, -0.25) is 9.69 Å². The van der Waals surface area contributed by atoms with Gasteiger partial charge in [0.05, 0.1) is 5.92 Å². The molecule has 1 saturated heterocycles. The van der Waals surface area contributed by atoms with Crippen molar-refractivity contribution in [3.8, 4) is 0 Å². The van der Waals surface area contributed by atoms with Crippen LogP contribution in [-0.2, 0) is 4.79 Å². The molecule has 0 radical (unpaired) electrons. The first-order valence-corrected chi connectivity index (χ1v) is 5.45. The van der Waals surface area contributed by atoms with Gasteiger partial charge in [-0.1, -0.05) is 13.8 Å². The molecule has 0 aromatic heterocycles. The lowest BCUT2D eigenvalue weighted by Gasteiger charge is -2.41. The Hall–Kier alpha value is -0.570. The van der Waals surface area contributed by atoms with Crippen molar-refractivity contribution in [2.45, 2.75) is 39.2 Å². The number of nitrogens with zero attached hydrogens (tertiary/aromatic N) is 1. The van der Waals surface area contributed by atoms with Gasteiger partial charge >= 0.3 is 5.97 Å². The molecule has 3 nitrogen and oxygen atoms in total. The number of carboxylic acid groups (broad SMARTS) is 1. The summed E-state index contributed by atoms with van der Waals surface area (Å²) in [6, 6.07) is 0.653. The highest BCUT2D eigenvalue weighted by Gasteiger charge is 2.41. The van der Waals surface area contributed by atoms with Crippen molar-refractivity contribution >= 4 is 5.97 Å². The molecule has 1 heterocycles. The molecule has 0 amide bonds. The Morgan fingerprint density at radius 3 is 2.50 bits per heavy atom. The first kappa shape index (κ1) is 9.97. The summed E-state index contributed by atoms with van der Waals surface area (Å²) < 4.78 is 0. The fourth-order valence-corrected chi connectivity index (χ4v) is 2.68. The molecule has 2 aliphatic rings. The number of likely N-dealkylation sites (tertiary alicyclic amines) is 1. The molecule has 80 valence electrons. The van der Waals surface area contributed by atoms with E-state index in [0.29, 0.717) is 11.5 Å². The van der Waals surface area contributed by atoms with Crippen LogP contribution in [0.4, 0.5) is 0 Å². The summed E-state index contributed by atoms with van der Waals surface area (Å²) in [5.74, 6) is -0.725. The van der Waals surface area contributed by atoms with Gasteiger partial charge in [0.25, 0.3) is 0 Å². The maximum Gasteiger partial charge on any atom is 0.309 e. The minimum absolute atomic E-state index is 0.0984. The summed E-state index contributed by atoms with van der Waals surface area (Å²) in [6.07, 6.45) is 3.77. The average molecular weight is 197 g/mol. The lowest BCUT2D eigenvalue weighted by Crippen LogP contribution is -2.54. The predicted molar refractivity (Wildman–Crippen MR) is 54.1 cm³/mol. The van der Waals surface area contributed by atoms with E-state index >= 15 is 0 Å². The molecule has 2 rings (SSSR count). The van der Waals surface area contributed by atoms with E-state index in [4.69, 9.17) is 5.11 Å². The Labute approximate surface area is 85.1 Å². The number of rotatable bonds is 2. The van der Waals surface area contributed by atoms with Crippen molar-refractivity contribution < 1.29 is 9.90 Å². The zero-order valence-electron chi connectivity index (χ0n) is 8.99. The first-order valence-electron chi connectivity index (χ1n) is 5.45. The molecule has 1 saturated carbocycles. The van der Waals surface area contributed by atoms with Crippen molar-refractivity contribution in [1.82, 2.24) is 4.90 Å². The maximum atomic E-state index is 10.6. The molecule has 3 heteroatoms. The van der Waals surface area contributed by atoms with E-state index in [1.54, 1.807) is 0 Å². The Balaban J connectivity index is 1.81. The van der Waals surface area contributed by atoms with Crippen LogP contribution in [0.15, 0.2) is 0 Å². The molecule has 1 aliphatic carbocycles. The molecule has 0 bridgehead atoms. The third kappa shape index (κ3) is 1.78. The number of aliphatic carboxylic acids is 1. The third-order valence-electron chi connectivity index (χ3n) is 3.72. The van der Waals surface area contributed by atoms with Crippen molar-refractivity contribution in [1.29, 1.82) is 0 Å². The number of hydrogen-bond acceptors (Lipinski definition) is 2. The Morgan fingerprint density at radius 1 is 1.43 bits per heavy atom. The second-order valence-corrected chi connectivity index (χ2v) is 5.55. The van der Waals surface area contributed by atoms with Crippen LogP contribution in [0.2, 0.25) is 0 Å². The molecule has 0 spiro atoms. The van der Waals surface area contributed by atoms with Crippen molar-refractivity contribution in [3.05, 3.63) is 0 Å². The van der Waals surface area contributed by atoms with Crippen molar-refractivity contribution in [2.24, 2.45) is 11.3 Å². The van der Waals surface area contributed by atoms with Gasteiger partial charge in [0.15, 0.2) is 0 Å². The largest absolute Gasteiger partial charge is 0.481 e. The van der Waals surface area contributed by atoms with Crippen molar-refractivity contribution in [2.75, 3.05) is 13.1 Å². The highest BCUT2D eigenvalue weighted by molar-refractivity contribution is 5.71. The first-order chi connectivity index (χ1) is 6.48. The van der Waals surface area contributed by atoms with Crippen LogP contribution in [0.25, 0.3) is 0 Å². The molecule has 0 aromatic carbocycles. The van der Waals surface area contributed by atoms with E-state index in [1.807, 2.05) is 0 Å². The third-order valence-corrected chi connectivity index (χ3v) is 3.72. The lowest BCUT2D eigenvalue weighted by molar-refractivity contribution is -0.148. The zero-order chi connectivity index (χ0) is 10.3. The topological polar surface area (TPSA) is 40.5 Å². The van der Waals surface area contributed by atoms with E-state index in [1.165, 1.54) is 19.3 Å². The molecular formula is C11H19NO2. The summed E-state index contributed by atoms with van der Waals surface area (Å²) in [4.78, 5) is 13.0. The summed E-state index contributed by atoms with van der Waals surface area (Å²) in [7, 11) is 0. The molecule has 14 heavy (non-hydrogen) atoms. The monoisotopic (exact) mass is 197 g/mol. The molecular weight excluding hydrogens is 178 g/mol. The van der Waals surface area contributed by atoms with E-state index < -0.39 is 5.97 Å². The fourth-order valence-electron chi connectivity index (χ4n) is 2.68. The second-order valence-electron chi connectivity index (χ2n) is 5.55. The summed E-state index contributed by atoms with van der Waals surface area (Å²) in [5, 5.41) is 8.77. The predicted octanol–water partition coefficient (Wildman–Crippen LogP) is 1.58. The summed E-state index contributed by atoms with van der Waals surface area (Å²) >= 11 is 0. The minimum atomic E-state index is -0.626. The highest BCUT2D eigenvalue weighted by atomic mass is 16.4. The van der Waals surface area contributed by atoms with Gasteiger partial charge in [-0.25, -0.2) is 0 Å². The van der Waals surface area contributed by atoms with Crippen LogP contribution >= 0.6 is 0 Å². The smallest absolute Gasteiger partial charge is 0.309 e. The van der Waals surface area contributed by atoms with Gasteiger partial charge in [0, 0.05) is 19.1 Å². The average Bonchev–Trinajstić information content (AvgIpc) is 2.26. The van der Waals surface area contributed by atoms with Gasteiger partial charge in [0.1, 0.15) is 0 Å². The second kappa shape index (κ2) is 3.23. The van der Waals surface area contributed by atoms with Crippen LogP contribution in [0.5, 0.6) is 0 Å². The van der Waals surface area contributed by atoms with Crippen LogP contribution in [-0.4, -0.2) is 35.1 Å². The van der Waals surface area contributed by atoms with E-state index in [0.717, 1.165) is 13.1 Å². The van der Waals surface area contributed by atoms with E-state index in [9.17, 15) is 4.79 Å². The quantitative estimate of drug-likeness (QED) is 0.730. The number of hydrogen-bond donors (Lipinski definition) is 1. The SMILES string of the molecule is CC1(C)CCC(N2CC(C(=O)O)C2)C1. The van der Waals surface area contributed by atoms with Gasteiger partial charge < -0.3 is 5.11 Å². The van der Waals surface area contributed by atoms with Gasteiger partial charge in [-0.05, 0) is 24.7 Å². The molecule has 1 atom stereocenters. The van der Waals surface area contributed by atoms with Crippen LogP contribution in [0.1, 0.15) is 33.1 Å². The number of carboxylic acids is 1. The zero-order valence-corrected chi connectivity index (χ0v) is 8.99.